The van der Waals surface area contributed by atoms with Gasteiger partial charge in [0, 0.05) is 35.7 Å². The minimum Gasteiger partial charge on any atom is -0.304 e. The normalized spacial score (nSPS) is 19.4. The van der Waals surface area contributed by atoms with Crippen molar-refractivity contribution in [3.05, 3.63) is 23.5 Å². The summed E-state index contributed by atoms with van der Waals surface area (Å²) < 4.78 is 2.08. The number of rotatable bonds is 4. The molecule has 0 amide bonds. The molecular weight excluding hydrogens is 266 g/mol. The van der Waals surface area contributed by atoms with Crippen molar-refractivity contribution in [1.82, 2.24) is 14.7 Å². The first-order valence-electron chi connectivity index (χ1n) is 6.53. The Labute approximate surface area is 116 Å². The Morgan fingerprint density at radius 1 is 1.39 bits per heavy atom. The summed E-state index contributed by atoms with van der Waals surface area (Å²) in [6, 6.07) is 0. The van der Waals surface area contributed by atoms with Gasteiger partial charge in [0.05, 0.1) is 5.69 Å². The lowest BCUT2D eigenvalue weighted by molar-refractivity contribution is 0.255. The van der Waals surface area contributed by atoms with Crippen molar-refractivity contribution in [3.63, 3.8) is 0 Å². The quantitative estimate of drug-likeness (QED) is 0.871. The molecule has 2 heterocycles. The van der Waals surface area contributed by atoms with Crippen molar-refractivity contribution in [2.45, 2.75) is 44.2 Å². The molecule has 0 aliphatic heterocycles. The SMILES string of the molecule is ClCC1(NCc2cn3ccsc3n2)CCCCC1. The summed E-state index contributed by atoms with van der Waals surface area (Å²) in [7, 11) is 0. The van der Waals surface area contributed by atoms with Crippen LogP contribution in [0.5, 0.6) is 0 Å². The van der Waals surface area contributed by atoms with Crippen LogP contribution in [0.15, 0.2) is 17.8 Å². The number of halogens is 1. The lowest BCUT2D eigenvalue weighted by Crippen LogP contribution is -2.48. The second-order valence-corrected chi connectivity index (χ2v) is 6.29. The Bertz CT molecular complexity index is 485. The van der Waals surface area contributed by atoms with E-state index in [1.807, 2.05) is 0 Å². The minimum absolute atomic E-state index is 0.136. The van der Waals surface area contributed by atoms with Crippen molar-refractivity contribution >= 4 is 27.9 Å². The van der Waals surface area contributed by atoms with Gasteiger partial charge in [0.2, 0.25) is 0 Å². The molecule has 18 heavy (non-hydrogen) atoms. The number of alkyl halides is 1. The van der Waals surface area contributed by atoms with Gasteiger partial charge in [-0.2, -0.15) is 0 Å². The summed E-state index contributed by atoms with van der Waals surface area (Å²) in [6.45, 7) is 0.821. The topological polar surface area (TPSA) is 29.3 Å². The van der Waals surface area contributed by atoms with Crippen LogP contribution in [0.1, 0.15) is 37.8 Å². The van der Waals surface area contributed by atoms with Crippen LogP contribution in [0.4, 0.5) is 0 Å². The van der Waals surface area contributed by atoms with Crippen molar-refractivity contribution in [2.75, 3.05) is 5.88 Å². The molecule has 2 aromatic heterocycles. The van der Waals surface area contributed by atoms with E-state index in [2.05, 4.69) is 32.5 Å². The lowest BCUT2D eigenvalue weighted by atomic mass is 9.83. The number of hydrogen-bond donors (Lipinski definition) is 1. The highest BCUT2D eigenvalue weighted by Gasteiger charge is 2.30. The van der Waals surface area contributed by atoms with E-state index in [-0.39, 0.29) is 5.54 Å². The van der Waals surface area contributed by atoms with E-state index in [1.54, 1.807) is 11.3 Å². The third kappa shape index (κ3) is 2.42. The number of imidazole rings is 1. The highest BCUT2D eigenvalue weighted by Crippen LogP contribution is 2.29. The molecule has 0 aromatic carbocycles. The highest BCUT2D eigenvalue weighted by molar-refractivity contribution is 7.15. The molecule has 5 heteroatoms. The van der Waals surface area contributed by atoms with Crippen LogP contribution in [0.2, 0.25) is 0 Å². The van der Waals surface area contributed by atoms with E-state index >= 15 is 0 Å². The van der Waals surface area contributed by atoms with E-state index in [4.69, 9.17) is 11.6 Å². The second kappa shape index (κ2) is 5.19. The van der Waals surface area contributed by atoms with E-state index in [9.17, 15) is 0 Å². The first-order chi connectivity index (χ1) is 8.81. The van der Waals surface area contributed by atoms with Crippen molar-refractivity contribution in [2.24, 2.45) is 0 Å². The molecule has 1 aliphatic rings. The maximum absolute atomic E-state index is 6.17. The van der Waals surface area contributed by atoms with Gasteiger partial charge in [-0.05, 0) is 12.8 Å². The van der Waals surface area contributed by atoms with Crippen LogP contribution < -0.4 is 5.32 Å². The summed E-state index contributed by atoms with van der Waals surface area (Å²) in [4.78, 5) is 5.66. The van der Waals surface area contributed by atoms with Crippen molar-refractivity contribution in [1.29, 1.82) is 0 Å². The molecule has 0 atom stereocenters. The highest BCUT2D eigenvalue weighted by atomic mass is 35.5. The average molecular weight is 284 g/mol. The zero-order valence-electron chi connectivity index (χ0n) is 10.4. The largest absolute Gasteiger partial charge is 0.304 e. The third-order valence-electron chi connectivity index (χ3n) is 3.85. The van der Waals surface area contributed by atoms with Crippen LogP contribution >= 0.6 is 22.9 Å². The molecule has 2 aromatic rings. The van der Waals surface area contributed by atoms with E-state index in [0.29, 0.717) is 5.88 Å². The summed E-state index contributed by atoms with van der Waals surface area (Å²) in [5.41, 5.74) is 1.24. The molecule has 1 aliphatic carbocycles. The number of nitrogens with one attached hydrogen (secondary N) is 1. The van der Waals surface area contributed by atoms with E-state index in [1.165, 1.54) is 32.1 Å². The molecule has 0 saturated heterocycles. The molecule has 0 unspecified atom stereocenters. The molecule has 1 N–H and O–H groups in total. The predicted octanol–water partition coefficient (Wildman–Crippen LogP) is 3.43. The van der Waals surface area contributed by atoms with Crippen LogP contribution in [0.25, 0.3) is 4.96 Å². The van der Waals surface area contributed by atoms with Gasteiger partial charge in [-0.25, -0.2) is 4.98 Å². The molecule has 98 valence electrons. The van der Waals surface area contributed by atoms with Crippen molar-refractivity contribution in [3.8, 4) is 0 Å². The Kier molecular flexibility index (Phi) is 3.59. The number of aromatic nitrogens is 2. The van der Waals surface area contributed by atoms with Crippen molar-refractivity contribution < 1.29 is 0 Å². The third-order valence-corrected chi connectivity index (χ3v) is 5.14. The summed E-state index contributed by atoms with van der Waals surface area (Å²) in [5, 5.41) is 5.71. The van der Waals surface area contributed by atoms with Gasteiger partial charge in [-0.1, -0.05) is 19.3 Å². The fraction of sp³-hybridized carbons (Fsp3) is 0.615. The van der Waals surface area contributed by atoms with Crippen LogP contribution in [-0.2, 0) is 6.54 Å². The molecule has 1 saturated carbocycles. The van der Waals surface area contributed by atoms with Crippen LogP contribution in [0, 0.1) is 0 Å². The number of nitrogens with zero attached hydrogens (tertiary/aromatic N) is 2. The monoisotopic (exact) mass is 283 g/mol. The fourth-order valence-electron chi connectivity index (χ4n) is 2.73. The zero-order valence-corrected chi connectivity index (χ0v) is 11.9. The van der Waals surface area contributed by atoms with Gasteiger partial charge in [-0.15, -0.1) is 22.9 Å². The predicted molar refractivity (Wildman–Crippen MR) is 76.4 cm³/mol. The van der Waals surface area contributed by atoms with E-state index < -0.39 is 0 Å². The van der Waals surface area contributed by atoms with Gasteiger partial charge in [0.25, 0.3) is 0 Å². The maximum atomic E-state index is 6.17. The van der Waals surface area contributed by atoms with E-state index in [0.717, 1.165) is 17.2 Å². The van der Waals surface area contributed by atoms with Gasteiger partial charge in [0.15, 0.2) is 4.96 Å². The van der Waals surface area contributed by atoms with Crippen LogP contribution in [0.3, 0.4) is 0 Å². The van der Waals surface area contributed by atoms with Gasteiger partial charge >= 0.3 is 0 Å². The fourth-order valence-corrected chi connectivity index (χ4v) is 3.81. The van der Waals surface area contributed by atoms with Crippen LogP contribution in [-0.4, -0.2) is 20.8 Å². The number of hydrogen-bond acceptors (Lipinski definition) is 3. The maximum Gasteiger partial charge on any atom is 0.193 e. The molecule has 0 spiro atoms. The Hall–Kier alpha value is -0.580. The lowest BCUT2D eigenvalue weighted by Gasteiger charge is -2.36. The average Bonchev–Trinajstić information content (AvgIpc) is 2.98. The molecule has 0 radical (unpaired) electrons. The first kappa shape index (κ1) is 12.5. The molecule has 3 rings (SSSR count). The molecular formula is C13H18ClN3S. The Morgan fingerprint density at radius 3 is 2.94 bits per heavy atom. The Balaban J connectivity index is 1.67. The molecule has 0 bridgehead atoms. The summed E-state index contributed by atoms with van der Waals surface area (Å²) in [5.74, 6) is 0.704. The minimum atomic E-state index is 0.136. The first-order valence-corrected chi connectivity index (χ1v) is 7.95. The molecule has 1 fully saturated rings. The Morgan fingerprint density at radius 2 is 2.22 bits per heavy atom. The number of fused-ring (bicyclic) bond motifs is 1. The smallest absolute Gasteiger partial charge is 0.193 e. The van der Waals surface area contributed by atoms with Gasteiger partial charge in [-0.3, -0.25) is 4.40 Å². The van der Waals surface area contributed by atoms with Gasteiger partial charge in [0.1, 0.15) is 0 Å². The zero-order chi connectivity index (χ0) is 12.4. The molecule has 3 nitrogen and oxygen atoms in total. The summed E-state index contributed by atoms with van der Waals surface area (Å²) in [6.07, 6.45) is 10.5. The second-order valence-electron chi connectivity index (χ2n) is 5.15. The van der Waals surface area contributed by atoms with Gasteiger partial charge < -0.3 is 5.32 Å². The summed E-state index contributed by atoms with van der Waals surface area (Å²) >= 11 is 7.85. The standard InChI is InChI=1S/C13H18ClN3S/c14-10-13(4-2-1-3-5-13)15-8-11-9-17-6-7-18-12(17)16-11/h6-7,9,15H,1-5,8,10H2. The number of thiazole rings is 1.